The van der Waals surface area contributed by atoms with Gasteiger partial charge in [-0.3, -0.25) is 0 Å². The molecule has 3 N–H and O–H groups in total. The normalized spacial score (nSPS) is 20.8. The molecular formula is C12H17N5. The van der Waals surface area contributed by atoms with Crippen LogP contribution in [0.4, 0.5) is 11.5 Å². The zero-order valence-corrected chi connectivity index (χ0v) is 9.98. The number of hydrogen-bond donors (Lipinski definition) is 2. The topological polar surface area (TPSA) is 78.0 Å². The number of nitrogen functional groups attached to an aromatic ring is 1. The zero-order valence-electron chi connectivity index (χ0n) is 9.98. The molecule has 0 aliphatic carbocycles. The molecule has 5 heteroatoms. The van der Waals surface area contributed by atoms with Crippen molar-refractivity contribution >= 4 is 11.5 Å². The van der Waals surface area contributed by atoms with Crippen molar-refractivity contribution in [2.45, 2.75) is 18.9 Å². The Morgan fingerprint density at radius 2 is 2.47 bits per heavy atom. The average Bonchev–Trinajstić information content (AvgIpc) is 2.31. The highest BCUT2D eigenvalue weighted by Crippen LogP contribution is 2.18. The maximum absolute atomic E-state index is 9.03. The molecule has 2 rings (SSSR count). The molecule has 1 aliphatic rings. The molecule has 1 aromatic heterocycles. The number of likely N-dealkylation sites (tertiary alicyclic amines) is 1. The Labute approximate surface area is 101 Å². The zero-order chi connectivity index (χ0) is 12.3. The number of anilines is 2. The first kappa shape index (κ1) is 11.7. The lowest BCUT2D eigenvalue weighted by Gasteiger charge is -2.30. The first-order valence-corrected chi connectivity index (χ1v) is 5.79. The first-order chi connectivity index (χ1) is 8.19. The second kappa shape index (κ2) is 5.02. The van der Waals surface area contributed by atoms with Gasteiger partial charge in [-0.1, -0.05) is 0 Å². The highest BCUT2D eigenvalue weighted by Gasteiger charge is 2.18. The molecule has 0 aromatic carbocycles. The standard InChI is InChI=1S/C12H17N5/c1-17-4-2-3-11(8-17)16-12-9(6-13)5-10(14)7-15-12/h5,7,11H,2-4,8,14H2,1H3,(H,15,16). The largest absolute Gasteiger partial charge is 0.397 e. The lowest BCUT2D eigenvalue weighted by molar-refractivity contribution is 0.260. The van der Waals surface area contributed by atoms with E-state index >= 15 is 0 Å². The highest BCUT2D eigenvalue weighted by molar-refractivity contribution is 5.57. The molecule has 1 aromatic rings. The van der Waals surface area contributed by atoms with E-state index in [0.717, 1.165) is 19.5 Å². The number of nitrogens with two attached hydrogens (primary N) is 1. The van der Waals surface area contributed by atoms with Gasteiger partial charge in [0.1, 0.15) is 11.9 Å². The van der Waals surface area contributed by atoms with Crippen LogP contribution in [0, 0.1) is 11.3 Å². The van der Waals surface area contributed by atoms with E-state index < -0.39 is 0 Å². The summed E-state index contributed by atoms with van der Waals surface area (Å²) in [6.07, 6.45) is 3.86. The predicted octanol–water partition coefficient (Wildman–Crippen LogP) is 1.04. The average molecular weight is 231 g/mol. The summed E-state index contributed by atoms with van der Waals surface area (Å²) >= 11 is 0. The second-order valence-corrected chi connectivity index (χ2v) is 4.52. The van der Waals surface area contributed by atoms with Crippen LogP contribution in [0.1, 0.15) is 18.4 Å². The number of nitriles is 1. The molecule has 90 valence electrons. The third kappa shape index (κ3) is 2.86. The van der Waals surface area contributed by atoms with Crippen molar-refractivity contribution in [3.63, 3.8) is 0 Å². The lowest BCUT2D eigenvalue weighted by Crippen LogP contribution is -2.40. The molecule has 2 heterocycles. The van der Waals surface area contributed by atoms with E-state index in [2.05, 4.69) is 28.3 Å². The molecule has 0 radical (unpaired) electrons. The summed E-state index contributed by atoms with van der Waals surface area (Å²) in [5.41, 5.74) is 6.64. The Morgan fingerprint density at radius 1 is 1.65 bits per heavy atom. The number of likely N-dealkylation sites (N-methyl/N-ethyl adjacent to an activating group) is 1. The van der Waals surface area contributed by atoms with Gasteiger partial charge in [-0.2, -0.15) is 5.26 Å². The third-order valence-electron chi connectivity index (χ3n) is 2.99. The van der Waals surface area contributed by atoms with Crippen LogP contribution in [0.3, 0.4) is 0 Å². The molecule has 1 fully saturated rings. The van der Waals surface area contributed by atoms with Crippen LogP contribution in [0.25, 0.3) is 0 Å². The molecule has 17 heavy (non-hydrogen) atoms. The van der Waals surface area contributed by atoms with E-state index in [1.54, 1.807) is 12.3 Å². The molecule has 0 saturated carbocycles. The first-order valence-electron chi connectivity index (χ1n) is 5.79. The number of nitrogens with one attached hydrogen (secondary N) is 1. The van der Waals surface area contributed by atoms with Crippen LogP contribution in [0.5, 0.6) is 0 Å². The Kier molecular flexibility index (Phi) is 3.45. The molecule has 0 amide bonds. The molecule has 1 saturated heterocycles. The van der Waals surface area contributed by atoms with E-state index in [1.165, 1.54) is 6.42 Å². The van der Waals surface area contributed by atoms with Gasteiger partial charge in [0, 0.05) is 12.6 Å². The minimum absolute atomic E-state index is 0.358. The summed E-state index contributed by atoms with van der Waals surface area (Å²) in [7, 11) is 2.11. The Morgan fingerprint density at radius 3 is 3.18 bits per heavy atom. The molecule has 5 nitrogen and oxygen atoms in total. The third-order valence-corrected chi connectivity index (χ3v) is 2.99. The summed E-state index contributed by atoms with van der Waals surface area (Å²) in [6, 6.07) is 4.13. The number of nitrogens with zero attached hydrogens (tertiary/aromatic N) is 3. The van der Waals surface area contributed by atoms with Crippen LogP contribution >= 0.6 is 0 Å². The quantitative estimate of drug-likeness (QED) is 0.795. The maximum Gasteiger partial charge on any atom is 0.144 e. The van der Waals surface area contributed by atoms with Crippen molar-refractivity contribution in [2.24, 2.45) is 0 Å². The van der Waals surface area contributed by atoms with Crippen molar-refractivity contribution < 1.29 is 0 Å². The Hall–Kier alpha value is -1.80. The van der Waals surface area contributed by atoms with Gasteiger partial charge in [-0.25, -0.2) is 4.98 Å². The van der Waals surface area contributed by atoms with Gasteiger partial charge in [-0.15, -0.1) is 0 Å². The Balaban J connectivity index is 2.10. The van der Waals surface area contributed by atoms with Crippen LogP contribution < -0.4 is 11.1 Å². The summed E-state index contributed by atoms with van der Waals surface area (Å²) in [6.45, 7) is 2.12. The van der Waals surface area contributed by atoms with E-state index in [1.807, 2.05) is 0 Å². The molecule has 0 bridgehead atoms. The molecule has 1 unspecified atom stereocenters. The van der Waals surface area contributed by atoms with Gasteiger partial charge < -0.3 is 16.0 Å². The fourth-order valence-electron chi connectivity index (χ4n) is 2.16. The highest BCUT2D eigenvalue weighted by atomic mass is 15.1. The number of pyridine rings is 1. The van der Waals surface area contributed by atoms with Crippen LogP contribution in [-0.4, -0.2) is 36.1 Å². The summed E-state index contributed by atoms with van der Waals surface area (Å²) < 4.78 is 0. The molecular weight excluding hydrogens is 214 g/mol. The van der Waals surface area contributed by atoms with Crippen molar-refractivity contribution in [2.75, 3.05) is 31.2 Å². The fraction of sp³-hybridized carbons (Fsp3) is 0.500. The number of hydrogen-bond acceptors (Lipinski definition) is 5. The lowest BCUT2D eigenvalue weighted by atomic mass is 10.1. The van der Waals surface area contributed by atoms with E-state index in [4.69, 9.17) is 11.0 Å². The smallest absolute Gasteiger partial charge is 0.144 e. The molecule has 0 spiro atoms. The minimum atomic E-state index is 0.358. The van der Waals surface area contributed by atoms with Crippen molar-refractivity contribution in [3.8, 4) is 6.07 Å². The van der Waals surface area contributed by atoms with Gasteiger partial charge in [0.05, 0.1) is 17.4 Å². The second-order valence-electron chi connectivity index (χ2n) is 4.52. The van der Waals surface area contributed by atoms with Crippen LogP contribution in [0.15, 0.2) is 12.3 Å². The SMILES string of the molecule is CN1CCCC(Nc2ncc(N)cc2C#N)C1. The summed E-state index contributed by atoms with van der Waals surface area (Å²) in [5, 5.41) is 12.4. The Bertz CT molecular complexity index is 437. The van der Waals surface area contributed by atoms with Gasteiger partial charge >= 0.3 is 0 Å². The van der Waals surface area contributed by atoms with Gasteiger partial charge in [0.15, 0.2) is 0 Å². The molecule has 1 aliphatic heterocycles. The number of aromatic nitrogens is 1. The van der Waals surface area contributed by atoms with Crippen molar-refractivity contribution in [1.82, 2.24) is 9.88 Å². The van der Waals surface area contributed by atoms with E-state index in [9.17, 15) is 0 Å². The molecule has 1 atom stereocenters. The van der Waals surface area contributed by atoms with E-state index in [-0.39, 0.29) is 0 Å². The minimum Gasteiger partial charge on any atom is -0.397 e. The van der Waals surface area contributed by atoms with Gasteiger partial charge in [-0.05, 0) is 32.5 Å². The van der Waals surface area contributed by atoms with E-state index in [0.29, 0.717) is 23.1 Å². The van der Waals surface area contributed by atoms with Gasteiger partial charge in [0.2, 0.25) is 0 Å². The van der Waals surface area contributed by atoms with Crippen LogP contribution in [0.2, 0.25) is 0 Å². The monoisotopic (exact) mass is 231 g/mol. The number of rotatable bonds is 2. The summed E-state index contributed by atoms with van der Waals surface area (Å²) in [5.74, 6) is 0.641. The van der Waals surface area contributed by atoms with Gasteiger partial charge in [0.25, 0.3) is 0 Å². The van der Waals surface area contributed by atoms with Crippen molar-refractivity contribution in [1.29, 1.82) is 5.26 Å². The number of piperidine rings is 1. The van der Waals surface area contributed by atoms with Crippen LogP contribution in [-0.2, 0) is 0 Å². The predicted molar refractivity (Wildman–Crippen MR) is 67.5 cm³/mol. The van der Waals surface area contributed by atoms with Crippen molar-refractivity contribution in [3.05, 3.63) is 17.8 Å². The fourth-order valence-corrected chi connectivity index (χ4v) is 2.16. The maximum atomic E-state index is 9.03. The summed E-state index contributed by atoms with van der Waals surface area (Å²) in [4.78, 5) is 6.47.